The number of hydrogen-bond acceptors (Lipinski definition) is 3. The first kappa shape index (κ1) is 10.8. The van der Waals surface area contributed by atoms with E-state index in [9.17, 15) is 4.79 Å². The van der Waals surface area contributed by atoms with Gasteiger partial charge in [0.15, 0.2) is 5.65 Å². The van der Waals surface area contributed by atoms with Gasteiger partial charge < -0.3 is 0 Å². The maximum atomic E-state index is 11.7. The average molecular weight is 217 g/mol. The SMILES string of the molecule is CCc1ccc2ncc(=O)n(C(C)C)c2n1. The Morgan fingerprint density at radius 3 is 2.75 bits per heavy atom. The van der Waals surface area contributed by atoms with E-state index in [0.717, 1.165) is 17.6 Å². The summed E-state index contributed by atoms with van der Waals surface area (Å²) in [6.07, 6.45) is 2.22. The quantitative estimate of drug-likeness (QED) is 0.772. The van der Waals surface area contributed by atoms with Crippen molar-refractivity contribution >= 4 is 11.2 Å². The van der Waals surface area contributed by atoms with Gasteiger partial charge in [-0.1, -0.05) is 6.92 Å². The first-order valence-electron chi connectivity index (χ1n) is 5.50. The molecule has 0 N–H and O–H groups in total. The largest absolute Gasteiger partial charge is 0.288 e. The Labute approximate surface area is 94.0 Å². The van der Waals surface area contributed by atoms with Gasteiger partial charge in [-0.2, -0.15) is 0 Å². The van der Waals surface area contributed by atoms with Crippen LogP contribution in [0.2, 0.25) is 0 Å². The monoisotopic (exact) mass is 217 g/mol. The zero-order valence-corrected chi connectivity index (χ0v) is 9.77. The molecule has 0 aliphatic heterocycles. The molecule has 0 aromatic carbocycles. The molecule has 0 spiro atoms. The normalized spacial score (nSPS) is 11.2. The molecule has 0 saturated heterocycles. The van der Waals surface area contributed by atoms with Crippen LogP contribution in [0.25, 0.3) is 11.2 Å². The third-order valence-electron chi connectivity index (χ3n) is 2.57. The van der Waals surface area contributed by atoms with Crippen LogP contribution in [0.15, 0.2) is 23.1 Å². The van der Waals surface area contributed by atoms with Crippen molar-refractivity contribution in [2.45, 2.75) is 33.2 Å². The van der Waals surface area contributed by atoms with Gasteiger partial charge in [0.2, 0.25) is 0 Å². The Bertz CT molecular complexity index is 572. The van der Waals surface area contributed by atoms with Crippen molar-refractivity contribution in [1.29, 1.82) is 0 Å². The van der Waals surface area contributed by atoms with Crippen LogP contribution in [0, 0.1) is 0 Å². The zero-order chi connectivity index (χ0) is 11.7. The Kier molecular flexibility index (Phi) is 2.73. The molecule has 2 rings (SSSR count). The molecule has 16 heavy (non-hydrogen) atoms. The lowest BCUT2D eigenvalue weighted by atomic mass is 10.2. The molecule has 2 aromatic rings. The molecule has 0 saturated carbocycles. The van der Waals surface area contributed by atoms with Gasteiger partial charge >= 0.3 is 0 Å². The van der Waals surface area contributed by atoms with Crippen molar-refractivity contribution < 1.29 is 0 Å². The van der Waals surface area contributed by atoms with Crippen LogP contribution in [-0.4, -0.2) is 14.5 Å². The summed E-state index contributed by atoms with van der Waals surface area (Å²) in [4.78, 5) is 20.3. The third-order valence-corrected chi connectivity index (χ3v) is 2.57. The third kappa shape index (κ3) is 1.71. The molecule has 4 nitrogen and oxygen atoms in total. The molecular weight excluding hydrogens is 202 g/mol. The summed E-state index contributed by atoms with van der Waals surface area (Å²) in [5, 5.41) is 0. The van der Waals surface area contributed by atoms with Crippen LogP contribution in [-0.2, 0) is 6.42 Å². The van der Waals surface area contributed by atoms with E-state index in [0.29, 0.717) is 5.65 Å². The topological polar surface area (TPSA) is 47.8 Å². The van der Waals surface area contributed by atoms with Gasteiger partial charge in [-0.3, -0.25) is 9.36 Å². The summed E-state index contributed by atoms with van der Waals surface area (Å²) in [6, 6.07) is 3.96. The van der Waals surface area contributed by atoms with Crippen LogP contribution in [0.1, 0.15) is 32.5 Å². The van der Waals surface area contributed by atoms with Crippen LogP contribution in [0.3, 0.4) is 0 Å². The van der Waals surface area contributed by atoms with E-state index in [4.69, 9.17) is 0 Å². The summed E-state index contributed by atoms with van der Waals surface area (Å²) in [6.45, 7) is 5.99. The molecule has 0 amide bonds. The minimum atomic E-state index is -0.0942. The van der Waals surface area contributed by atoms with Gasteiger partial charge in [0.25, 0.3) is 5.56 Å². The van der Waals surface area contributed by atoms with Gasteiger partial charge in [-0.15, -0.1) is 0 Å². The average Bonchev–Trinajstić information content (AvgIpc) is 2.27. The highest BCUT2D eigenvalue weighted by molar-refractivity contribution is 5.70. The minimum absolute atomic E-state index is 0.0942. The Morgan fingerprint density at radius 1 is 1.38 bits per heavy atom. The van der Waals surface area contributed by atoms with E-state index in [1.54, 1.807) is 4.57 Å². The smallest absolute Gasteiger partial charge is 0.270 e. The van der Waals surface area contributed by atoms with E-state index in [-0.39, 0.29) is 11.6 Å². The zero-order valence-electron chi connectivity index (χ0n) is 9.77. The van der Waals surface area contributed by atoms with Crippen molar-refractivity contribution in [3.8, 4) is 0 Å². The predicted octanol–water partition coefficient (Wildman–Crippen LogP) is 1.93. The van der Waals surface area contributed by atoms with E-state index in [2.05, 4.69) is 9.97 Å². The van der Waals surface area contributed by atoms with E-state index in [1.807, 2.05) is 32.9 Å². The molecule has 4 heteroatoms. The second kappa shape index (κ2) is 4.04. The number of fused-ring (bicyclic) bond motifs is 1. The minimum Gasteiger partial charge on any atom is -0.288 e. The molecule has 0 unspecified atom stereocenters. The lowest BCUT2D eigenvalue weighted by Crippen LogP contribution is -2.23. The van der Waals surface area contributed by atoms with Crippen LogP contribution in [0.5, 0.6) is 0 Å². The number of hydrogen-bond donors (Lipinski definition) is 0. The first-order valence-corrected chi connectivity index (χ1v) is 5.50. The number of rotatable bonds is 2. The highest BCUT2D eigenvalue weighted by Crippen LogP contribution is 2.12. The van der Waals surface area contributed by atoms with Crippen LogP contribution in [0.4, 0.5) is 0 Å². The second-order valence-corrected chi connectivity index (χ2v) is 4.06. The maximum Gasteiger partial charge on any atom is 0.270 e. The fourth-order valence-corrected chi connectivity index (χ4v) is 1.75. The Balaban J connectivity index is 2.83. The lowest BCUT2D eigenvalue weighted by molar-refractivity contribution is 0.591. The molecule has 0 radical (unpaired) electrons. The second-order valence-electron chi connectivity index (χ2n) is 4.06. The predicted molar refractivity (Wildman–Crippen MR) is 63.6 cm³/mol. The summed E-state index contributed by atoms with van der Waals surface area (Å²) in [5.74, 6) is 0. The fourth-order valence-electron chi connectivity index (χ4n) is 1.75. The fraction of sp³-hybridized carbons (Fsp3) is 0.417. The molecular formula is C12H15N3O. The molecule has 84 valence electrons. The van der Waals surface area contributed by atoms with Gasteiger partial charge in [-0.25, -0.2) is 9.97 Å². The van der Waals surface area contributed by atoms with E-state index >= 15 is 0 Å². The Morgan fingerprint density at radius 2 is 2.12 bits per heavy atom. The van der Waals surface area contributed by atoms with Crippen molar-refractivity contribution in [3.63, 3.8) is 0 Å². The number of nitrogens with zero attached hydrogens (tertiary/aromatic N) is 3. The van der Waals surface area contributed by atoms with Gasteiger partial charge in [0, 0.05) is 11.7 Å². The van der Waals surface area contributed by atoms with Crippen molar-refractivity contribution in [1.82, 2.24) is 14.5 Å². The standard InChI is InChI=1S/C12H15N3O/c1-4-9-5-6-10-12(14-9)15(8(2)3)11(16)7-13-10/h5-8H,4H2,1-3H3. The first-order chi connectivity index (χ1) is 7.63. The van der Waals surface area contributed by atoms with Crippen LogP contribution >= 0.6 is 0 Å². The van der Waals surface area contributed by atoms with Crippen molar-refractivity contribution in [2.24, 2.45) is 0 Å². The molecule has 0 atom stereocenters. The van der Waals surface area contributed by atoms with E-state index < -0.39 is 0 Å². The van der Waals surface area contributed by atoms with Gasteiger partial charge in [-0.05, 0) is 32.4 Å². The maximum absolute atomic E-state index is 11.7. The summed E-state index contributed by atoms with van der Waals surface area (Å²) in [7, 11) is 0. The Hall–Kier alpha value is -1.71. The number of pyridine rings is 1. The van der Waals surface area contributed by atoms with E-state index in [1.165, 1.54) is 6.20 Å². The summed E-state index contributed by atoms with van der Waals surface area (Å²) >= 11 is 0. The molecule has 0 aliphatic rings. The molecule has 2 aromatic heterocycles. The summed E-state index contributed by atoms with van der Waals surface area (Å²) in [5.41, 5.74) is 2.34. The molecule has 2 heterocycles. The van der Waals surface area contributed by atoms with Gasteiger partial charge in [0.05, 0.1) is 6.20 Å². The highest BCUT2D eigenvalue weighted by Gasteiger charge is 2.08. The lowest BCUT2D eigenvalue weighted by Gasteiger charge is -2.12. The summed E-state index contributed by atoms with van der Waals surface area (Å²) < 4.78 is 1.68. The molecule has 0 bridgehead atoms. The molecule has 0 aliphatic carbocycles. The number of aromatic nitrogens is 3. The highest BCUT2D eigenvalue weighted by atomic mass is 16.1. The molecule has 0 fully saturated rings. The van der Waals surface area contributed by atoms with Crippen molar-refractivity contribution in [2.75, 3.05) is 0 Å². The van der Waals surface area contributed by atoms with Crippen LogP contribution < -0.4 is 5.56 Å². The van der Waals surface area contributed by atoms with Gasteiger partial charge in [0.1, 0.15) is 5.52 Å². The number of aryl methyl sites for hydroxylation is 1. The van der Waals surface area contributed by atoms with Crippen molar-refractivity contribution in [3.05, 3.63) is 34.4 Å².